The van der Waals surface area contributed by atoms with Crippen molar-refractivity contribution >= 4 is 134 Å². The maximum absolute atomic E-state index is 11.8. The Morgan fingerprint density at radius 1 is 0.602 bits per heavy atom. The molecule has 12 rings (SSSR count). The number of hydrazine groups is 2. The van der Waals surface area contributed by atoms with E-state index in [2.05, 4.69) is 139 Å². The van der Waals surface area contributed by atoms with Gasteiger partial charge >= 0.3 is 121 Å². The van der Waals surface area contributed by atoms with Gasteiger partial charge in [0.15, 0.2) is 18.8 Å². The third-order valence-corrected chi connectivity index (χ3v) is 14.3. The number of guanidine groups is 1. The van der Waals surface area contributed by atoms with E-state index in [9.17, 15) is 23.6 Å². The molecule has 0 bridgehead atoms. The number of carbonyl (C=O) groups excluding carboxylic acids is 4. The van der Waals surface area contributed by atoms with Crippen molar-refractivity contribution in [2.75, 3.05) is 60.4 Å². The molecule has 2 heterocycles. The van der Waals surface area contributed by atoms with Crippen molar-refractivity contribution in [1.29, 1.82) is 10.5 Å². The van der Waals surface area contributed by atoms with Gasteiger partial charge in [0, 0.05) is 129 Å². The second-order valence-corrected chi connectivity index (χ2v) is 23.3. The molecule has 0 aliphatic carbocycles. The maximum Gasteiger partial charge on any atom is 1.00 e. The first-order valence-corrected chi connectivity index (χ1v) is 38.8. The Morgan fingerprint density at radius 2 is 0.852 bits per heavy atom. The molecule has 0 aromatic heterocycles. The molecule has 31 nitrogen and oxygen atoms in total. The molecule has 0 saturated carbocycles. The number of carboxylic acids is 1. The molecule has 38 heteroatoms. The van der Waals surface area contributed by atoms with Gasteiger partial charge in [0.25, 0.3) is 11.9 Å². The second kappa shape index (κ2) is 86.3. The zero-order valence-corrected chi connectivity index (χ0v) is 84.2. The quantitative estimate of drug-likeness (QED) is 0.00342. The number of carboxylic acid groups (broad SMARTS) is 1. The fourth-order valence-electron chi connectivity index (χ4n) is 9.26. The number of oxime groups is 3. The molecule has 0 spiro atoms. The van der Waals surface area contributed by atoms with Gasteiger partial charge in [0.2, 0.25) is 6.19 Å². The third kappa shape index (κ3) is 58.4. The van der Waals surface area contributed by atoms with Crippen molar-refractivity contribution in [2.45, 2.75) is 33.6 Å². The predicted octanol–water partition coefficient (Wildman–Crippen LogP) is 8.77. The molecule has 0 fully saturated rings. The average molecular weight is 2030 g/mol. The standard InChI is InChI=1S/C18H16N2O2.C15H16N4O.C15H13N3.C15H15N.C13H10O.C4H7N3O2.C2H2FO3.C2H4O2.C2H6O.CBrN.CH3I.CH6N2.CH4O.2ClH.2K.H3NO/c1-20(17-12-18(21)22-19-17)13-16(14-8-4-2-5-9-14)15-10-6-3-7-11-15;1-19(15(16)18-20)17-14(12-8-4-2-5-9-12)13-10-6-3-7-11-13;1-18(12-16)17-15(13-8-4-2-5-9-13)14-10-6-3-7-11-14;1-2-16-15(13-9-5-3-6-10-13)14-11-7-4-8-12-14;14-13(11-7-3-1-4-8-11)12-9-5-2-6-10-12;1-7(5)3-2-4(8)9-6-3;3-1-5-6-2-4;1-2(3)4;1-2-3;2-1-3;1-2;1-3-2;1-2;;;;;1-2/h2-11,13H,12H2,1H3;2-11,20H,1H3,(H2,16,18);2-11H,1H3;3-12H,2H2,1H3;1-10H;2,5H2,1H3;1-2H;1H3,(H,3,4);3H,2H2,1H3;;1H3;3H,2H2,1H3;2H,1H3;2*1H;;;2H,1H2/q;;;;;;-1;;;;;;;;;2*+1;/i;;;;;;2D;;;;1D;;;;;;;. The maximum atomic E-state index is 11.8. The third-order valence-electron chi connectivity index (χ3n) is 14.3. The Morgan fingerprint density at radius 3 is 1.06 bits per heavy atom. The van der Waals surface area contributed by atoms with E-state index in [1.807, 2.05) is 302 Å². The van der Waals surface area contributed by atoms with E-state index in [1.165, 1.54) is 26.2 Å². The van der Waals surface area contributed by atoms with Gasteiger partial charge in [-0.1, -0.05) is 336 Å². The van der Waals surface area contributed by atoms with Crippen LogP contribution in [0, 0.1) is 28.6 Å². The number of carbonyl (C=O) groups is 5. The summed E-state index contributed by atoms with van der Waals surface area (Å²) in [7, 11) is 9.38. The molecule has 2 aliphatic heterocycles. The number of nitrogens with zero attached hydrogens (tertiary/aromatic N) is 12. The first-order chi connectivity index (χ1) is 60.9. The Bertz CT molecular complexity index is 4720. The van der Waals surface area contributed by atoms with Gasteiger partial charge in [-0.3, -0.25) is 35.7 Å². The predicted molar refractivity (Wildman–Crippen MR) is 509 cm³/mol. The number of nitrogens with two attached hydrogens (primary N) is 4. The van der Waals surface area contributed by atoms with E-state index >= 15 is 0 Å². The summed E-state index contributed by atoms with van der Waals surface area (Å²) in [5.41, 5.74) is 21.4. The first kappa shape index (κ1) is 124. The molecular formula is C90H107BrCl2FIK2N17O14+. The number of aliphatic imine (C=N–C) groups is 1. The van der Waals surface area contributed by atoms with E-state index in [0.717, 1.165) is 87.8 Å². The van der Waals surface area contributed by atoms with Crippen LogP contribution in [0.5, 0.6) is 0 Å². The Labute approximate surface area is 869 Å². The molecule has 128 heavy (non-hydrogen) atoms. The van der Waals surface area contributed by atoms with Gasteiger partial charge in [-0.25, -0.2) is 31.3 Å². The largest absolute Gasteiger partial charge is 1.00 e. The zero-order valence-electron chi connectivity index (χ0n) is 74.6. The first-order valence-electron chi connectivity index (χ1n) is 37.7. The van der Waals surface area contributed by atoms with Crippen LogP contribution in [0.4, 0.5) is 4.39 Å². The number of ketones is 1. The summed E-state index contributed by atoms with van der Waals surface area (Å²) in [6.45, 7) is 5.54. The molecule has 0 radical (unpaired) electrons. The molecule has 14 N–H and O–H groups in total. The molecule has 0 amide bonds. The minimum Gasteiger partial charge on any atom is -0.481 e. The summed E-state index contributed by atoms with van der Waals surface area (Å²) in [5, 5.41) is 76.0. The van der Waals surface area contributed by atoms with Crippen molar-refractivity contribution in [3.8, 4) is 11.2 Å². The number of aliphatic hydroxyl groups excluding tert-OH is 2. The number of hydrogen-bond donors (Lipinski definition) is 10. The monoisotopic (exact) mass is 2020 g/mol. The van der Waals surface area contributed by atoms with Gasteiger partial charge in [0.05, 0.1) is 17.1 Å². The van der Waals surface area contributed by atoms with Crippen molar-refractivity contribution in [2.24, 2.45) is 54.0 Å². The van der Waals surface area contributed by atoms with Crippen LogP contribution in [0.3, 0.4) is 0 Å². The molecule has 672 valence electrons. The van der Waals surface area contributed by atoms with Crippen molar-refractivity contribution in [3.63, 3.8) is 0 Å². The molecular weight excluding hydrogens is 1920 g/mol. The van der Waals surface area contributed by atoms with E-state index in [4.69, 9.17) is 55.4 Å². The van der Waals surface area contributed by atoms with Crippen LogP contribution in [0.25, 0.3) is 5.57 Å². The summed E-state index contributed by atoms with van der Waals surface area (Å²) in [5.74, 6) is 12.9. The number of benzene rings is 10. The van der Waals surface area contributed by atoms with Crippen LogP contribution in [0.15, 0.2) is 340 Å². The number of nitriles is 2. The molecule has 10 aromatic rings. The van der Waals surface area contributed by atoms with E-state index in [-0.39, 0.29) is 178 Å². The topological polar surface area (TPSA) is 474 Å². The fraction of sp³-hybridized carbons (Fsp3) is 0.156. The van der Waals surface area contributed by atoms with Crippen molar-refractivity contribution < 1.29 is 179 Å². The Hall–Kier alpha value is -10.0. The normalized spacial score (nSPS) is 10.0. The number of aliphatic hydroxyl groups is 2. The number of halogens is 5. The number of amidine groups is 2. The van der Waals surface area contributed by atoms with E-state index in [0.29, 0.717) is 16.6 Å². The summed E-state index contributed by atoms with van der Waals surface area (Å²) >= 11 is 4.41. The number of hydrogen-bond acceptors (Lipinski definition) is 28. The summed E-state index contributed by atoms with van der Waals surface area (Å²) in [6.07, 6.45) is 2.89. The Balaban J connectivity index is -0.000000337. The SMILES string of the molecule is CC(=O)O.CCN=C(c1ccccc1)c1ccccc1.CCO.CN(C#N)N=C(c1ccccc1)c1ccccc1.CN(C=C(c1ccccc1)c1ccccc1)C1=NOC(=O)C1.CN(N)C1=NOC(=O)C1.CN(N=C(c1ccccc1)c1ccccc1)/C(N)=N\O.CNN.CO.Cl.Cl.N#CBr.NO.O=C(c1ccccc1)c1ccccc1.[2H]C(=O)OO[CH-]F.[2H]CI.[K+].[K+]. The minimum absolute atomic E-state index is 0. The zero-order chi connectivity index (χ0) is 94.5. The number of hydrazone groups is 2. The molecule has 2 aliphatic rings. The fourth-order valence-corrected chi connectivity index (χ4v) is 9.26. The Kier molecular flexibility index (Phi) is 83.8. The summed E-state index contributed by atoms with van der Waals surface area (Å²) in [6, 6.07) is 98.7. The van der Waals surface area contributed by atoms with Crippen LogP contribution in [-0.4, -0.2) is 171 Å². The minimum atomic E-state index is -1.44. The molecule has 0 saturated heterocycles. The average Bonchev–Trinajstić information content (AvgIpc) is 1.60. The summed E-state index contributed by atoms with van der Waals surface area (Å²) < 4.78 is 22.7. The van der Waals surface area contributed by atoms with Crippen LogP contribution < -0.4 is 132 Å². The molecule has 10 aromatic carbocycles. The number of alkyl halides is 1. The van der Waals surface area contributed by atoms with Gasteiger partial charge in [-0.15, -0.1) is 24.8 Å². The van der Waals surface area contributed by atoms with E-state index in [1.54, 1.807) is 40.1 Å². The van der Waals surface area contributed by atoms with Crippen molar-refractivity contribution in [1.82, 2.24) is 25.4 Å². The smallest absolute Gasteiger partial charge is 0.481 e. The van der Waals surface area contributed by atoms with Gasteiger partial charge in [-0.2, -0.15) is 20.7 Å². The van der Waals surface area contributed by atoms with Crippen LogP contribution in [0.2, 0.25) is 0 Å². The van der Waals surface area contributed by atoms with Gasteiger partial charge in [-0.05, 0) is 48.9 Å². The summed E-state index contributed by atoms with van der Waals surface area (Å²) in [4.78, 5) is 75.6. The molecule has 0 atom stereocenters. The number of aliphatic carboxylic acids is 1. The number of rotatable bonds is 16. The van der Waals surface area contributed by atoms with Crippen LogP contribution >= 0.6 is 63.3 Å². The number of nitrogens with one attached hydrogen (secondary N) is 1. The van der Waals surface area contributed by atoms with E-state index < -0.39 is 12.4 Å². The van der Waals surface area contributed by atoms with Crippen molar-refractivity contribution in [3.05, 3.63) is 372 Å². The second-order valence-electron chi connectivity index (χ2n) is 22.9. The molecule has 0 unspecified atom stereocenters. The van der Waals surface area contributed by atoms with Gasteiger partial charge in [0.1, 0.15) is 17.8 Å². The van der Waals surface area contributed by atoms with Crippen LogP contribution in [-0.2, 0) is 38.6 Å². The van der Waals surface area contributed by atoms with Crippen LogP contribution in [0.1, 0.15) is 96.8 Å². The van der Waals surface area contributed by atoms with Gasteiger partial charge < -0.3 is 60.2 Å².